The standard InChI is InChI=1S/C14H15ClIN3O2/c1-3-11(13-17-4-5-18-13)19-14(20)8-6-9(15)10(16)7-12(8)21-2/h4-7,11H,3H2,1-2H3,(H,17,18)(H,19,20). The minimum atomic E-state index is -0.242. The molecule has 0 aliphatic heterocycles. The highest BCUT2D eigenvalue weighted by atomic mass is 127. The van der Waals surface area contributed by atoms with Crippen LogP contribution in [-0.2, 0) is 0 Å². The van der Waals surface area contributed by atoms with Crippen LogP contribution in [-0.4, -0.2) is 23.0 Å². The summed E-state index contributed by atoms with van der Waals surface area (Å²) in [5.74, 6) is 0.977. The van der Waals surface area contributed by atoms with Gasteiger partial charge in [0, 0.05) is 16.0 Å². The van der Waals surface area contributed by atoms with E-state index >= 15 is 0 Å². The third-order valence-electron chi connectivity index (χ3n) is 3.05. The van der Waals surface area contributed by atoms with Crippen molar-refractivity contribution in [3.63, 3.8) is 0 Å². The third-order valence-corrected chi connectivity index (χ3v) is 4.57. The quantitative estimate of drug-likeness (QED) is 0.728. The van der Waals surface area contributed by atoms with Crippen molar-refractivity contribution in [2.24, 2.45) is 0 Å². The van der Waals surface area contributed by atoms with Gasteiger partial charge >= 0.3 is 0 Å². The number of imidazole rings is 1. The van der Waals surface area contributed by atoms with Gasteiger partial charge in [-0.1, -0.05) is 18.5 Å². The zero-order valence-corrected chi connectivity index (χ0v) is 14.5. The number of methoxy groups -OCH3 is 1. The predicted octanol–water partition coefficient (Wildman–Crippen LogP) is 3.56. The van der Waals surface area contributed by atoms with E-state index in [0.29, 0.717) is 16.3 Å². The molecule has 0 saturated carbocycles. The van der Waals surface area contributed by atoms with Gasteiger partial charge in [0.15, 0.2) is 0 Å². The summed E-state index contributed by atoms with van der Waals surface area (Å²) in [6.07, 6.45) is 4.11. The molecule has 112 valence electrons. The first-order valence-electron chi connectivity index (χ1n) is 6.40. The second-order valence-corrected chi connectivity index (χ2v) is 5.94. The molecule has 1 aromatic heterocycles. The van der Waals surface area contributed by atoms with E-state index in [-0.39, 0.29) is 11.9 Å². The van der Waals surface area contributed by atoms with E-state index in [4.69, 9.17) is 16.3 Å². The van der Waals surface area contributed by atoms with Crippen molar-refractivity contribution < 1.29 is 9.53 Å². The van der Waals surface area contributed by atoms with Crippen molar-refractivity contribution in [3.05, 3.63) is 44.5 Å². The van der Waals surface area contributed by atoms with Crippen molar-refractivity contribution in [2.75, 3.05) is 7.11 Å². The Hall–Kier alpha value is -1.28. The van der Waals surface area contributed by atoms with E-state index in [0.717, 1.165) is 15.8 Å². The summed E-state index contributed by atoms with van der Waals surface area (Å²) in [5, 5.41) is 3.45. The molecule has 1 unspecified atom stereocenters. The van der Waals surface area contributed by atoms with Crippen molar-refractivity contribution in [2.45, 2.75) is 19.4 Å². The third kappa shape index (κ3) is 3.68. The van der Waals surface area contributed by atoms with Gasteiger partial charge in [-0.2, -0.15) is 0 Å². The zero-order valence-electron chi connectivity index (χ0n) is 11.6. The highest BCUT2D eigenvalue weighted by molar-refractivity contribution is 14.1. The van der Waals surface area contributed by atoms with Crippen LogP contribution in [0, 0.1) is 3.57 Å². The normalized spacial score (nSPS) is 12.0. The largest absolute Gasteiger partial charge is 0.496 e. The molecular weight excluding hydrogens is 405 g/mol. The van der Waals surface area contributed by atoms with E-state index in [2.05, 4.69) is 37.9 Å². The number of rotatable bonds is 5. The zero-order chi connectivity index (χ0) is 15.4. The van der Waals surface area contributed by atoms with Crippen LogP contribution < -0.4 is 10.1 Å². The van der Waals surface area contributed by atoms with Crippen LogP contribution in [0.1, 0.15) is 35.6 Å². The van der Waals surface area contributed by atoms with Gasteiger partial charge in [0.05, 0.1) is 23.7 Å². The molecule has 0 spiro atoms. The molecule has 5 nitrogen and oxygen atoms in total. The van der Waals surface area contributed by atoms with Gasteiger partial charge < -0.3 is 15.0 Å². The molecule has 2 N–H and O–H groups in total. The molecule has 21 heavy (non-hydrogen) atoms. The molecule has 0 aliphatic carbocycles. The predicted molar refractivity (Wildman–Crippen MR) is 89.8 cm³/mol. The summed E-state index contributed by atoms with van der Waals surface area (Å²) in [6.45, 7) is 1.98. The van der Waals surface area contributed by atoms with Crippen molar-refractivity contribution >= 4 is 40.1 Å². The Morgan fingerprint density at radius 2 is 2.33 bits per heavy atom. The summed E-state index contributed by atoms with van der Waals surface area (Å²) < 4.78 is 6.09. The Morgan fingerprint density at radius 1 is 1.57 bits per heavy atom. The number of carbonyl (C=O) groups is 1. The SMILES string of the molecule is CCC(NC(=O)c1cc(Cl)c(I)cc1OC)c1ncc[nH]1. The molecule has 1 amide bonds. The number of hydrogen-bond acceptors (Lipinski definition) is 3. The summed E-state index contributed by atoms with van der Waals surface area (Å²) in [5.41, 5.74) is 0.410. The van der Waals surface area contributed by atoms with Crippen LogP contribution in [0.15, 0.2) is 24.5 Å². The van der Waals surface area contributed by atoms with E-state index in [1.807, 2.05) is 6.92 Å². The van der Waals surface area contributed by atoms with Crippen LogP contribution >= 0.6 is 34.2 Å². The molecule has 0 saturated heterocycles. The van der Waals surface area contributed by atoms with Gasteiger partial charge in [-0.25, -0.2) is 4.98 Å². The molecular formula is C14H15ClIN3O2. The lowest BCUT2D eigenvalue weighted by Gasteiger charge is -2.16. The number of amides is 1. The number of carbonyl (C=O) groups excluding carboxylic acids is 1. The number of hydrogen-bond donors (Lipinski definition) is 2. The second kappa shape index (κ2) is 7.13. The molecule has 0 bridgehead atoms. The minimum absolute atomic E-state index is 0.185. The van der Waals surface area contributed by atoms with Gasteiger partial charge in [0.25, 0.3) is 5.91 Å². The lowest BCUT2D eigenvalue weighted by Crippen LogP contribution is -2.29. The summed E-state index contributed by atoms with van der Waals surface area (Å²) in [7, 11) is 1.53. The van der Waals surface area contributed by atoms with Gasteiger partial charge in [0.1, 0.15) is 11.6 Å². The maximum atomic E-state index is 12.5. The maximum Gasteiger partial charge on any atom is 0.255 e. The topological polar surface area (TPSA) is 67.0 Å². The molecule has 7 heteroatoms. The fourth-order valence-electron chi connectivity index (χ4n) is 1.94. The lowest BCUT2D eigenvalue weighted by molar-refractivity contribution is 0.0931. The average Bonchev–Trinajstić information content (AvgIpc) is 3.00. The van der Waals surface area contributed by atoms with E-state index in [9.17, 15) is 4.79 Å². The molecule has 1 aromatic carbocycles. The summed E-state index contributed by atoms with van der Waals surface area (Å²) in [4.78, 5) is 19.6. The number of H-pyrrole nitrogens is 1. The van der Waals surface area contributed by atoms with Gasteiger partial charge in [-0.3, -0.25) is 4.79 Å². The Bertz CT molecular complexity index is 631. The Morgan fingerprint density at radius 3 is 2.90 bits per heavy atom. The molecule has 1 heterocycles. The number of aromatic amines is 1. The molecule has 2 aromatic rings. The fourth-order valence-corrected chi connectivity index (χ4v) is 2.54. The smallest absolute Gasteiger partial charge is 0.255 e. The Labute approximate surface area is 141 Å². The summed E-state index contributed by atoms with van der Waals surface area (Å²) in [6, 6.07) is 3.17. The maximum absolute atomic E-state index is 12.5. The minimum Gasteiger partial charge on any atom is -0.496 e. The van der Waals surface area contributed by atoms with Crippen molar-refractivity contribution in [1.82, 2.24) is 15.3 Å². The number of benzene rings is 1. The van der Waals surface area contributed by atoms with Gasteiger partial charge in [-0.15, -0.1) is 0 Å². The number of nitrogens with zero attached hydrogens (tertiary/aromatic N) is 1. The molecule has 0 fully saturated rings. The molecule has 0 radical (unpaired) electrons. The number of aromatic nitrogens is 2. The van der Waals surface area contributed by atoms with Crippen LogP contribution in [0.3, 0.4) is 0 Å². The highest BCUT2D eigenvalue weighted by Gasteiger charge is 2.20. The van der Waals surface area contributed by atoms with Crippen LogP contribution in [0.4, 0.5) is 0 Å². The fraction of sp³-hybridized carbons (Fsp3) is 0.286. The van der Waals surface area contributed by atoms with E-state index in [1.165, 1.54) is 7.11 Å². The number of halogens is 2. The van der Waals surface area contributed by atoms with E-state index < -0.39 is 0 Å². The monoisotopic (exact) mass is 419 g/mol. The Kier molecular flexibility index (Phi) is 5.46. The number of nitrogens with one attached hydrogen (secondary N) is 2. The summed E-state index contributed by atoms with van der Waals surface area (Å²) >= 11 is 8.19. The van der Waals surface area contributed by atoms with Crippen molar-refractivity contribution in [1.29, 1.82) is 0 Å². The van der Waals surface area contributed by atoms with Crippen LogP contribution in [0.25, 0.3) is 0 Å². The highest BCUT2D eigenvalue weighted by Crippen LogP contribution is 2.28. The van der Waals surface area contributed by atoms with Crippen LogP contribution in [0.5, 0.6) is 5.75 Å². The molecule has 1 atom stereocenters. The first-order chi connectivity index (χ1) is 10.1. The first-order valence-corrected chi connectivity index (χ1v) is 7.85. The van der Waals surface area contributed by atoms with Crippen LogP contribution in [0.2, 0.25) is 5.02 Å². The lowest BCUT2D eigenvalue weighted by atomic mass is 10.1. The van der Waals surface area contributed by atoms with Crippen molar-refractivity contribution in [3.8, 4) is 5.75 Å². The molecule has 0 aliphatic rings. The van der Waals surface area contributed by atoms with E-state index in [1.54, 1.807) is 24.5 Å². The molecule has 2 rings (SSSR count). The second-order valence-electron chi connectivity index (χ2n) is 4.38. The van der Waals surface area contributed by atoms with Gasteiger partial charge in [-0.05, 0) is 41.1 Å². The van der Waals surface area contributed by atoms with Gasteiger partial charge in [0.2, 0.25) is 0 Å². The Balaban J connectivity index is 2.25. The number of ether oxygens (including phenoxy) is 1. The first kappa shape index (κ1) is 16.1. The average molecular weight is 420 g/mol.